The molecule has 1 fully saturated rings. The van der Waals surface area contributed by atoms with E-state index in [1.807, 2.05) is 0 Å². The van der Waals surface area contributed by atoms with Gasteiger partial charge in [0.25, 0.3) is 0 Å². The number of nitrogens with one attached hydrogen (secondary N) is 1. The van der Waals surface area contributed by atoms with Crippen LogP contribution in [0.4, 0.5) is 0 Å². The van der Waals surface area contributed by atoms with Crippen LogP contribution in [0.5, 0.6) is 0 Å². The van der Waals surface area contributed by atoms with Crippen molar-refractivity contribution in [3.8, 4) is 0 Å². The molecule has 3 unspecified atom stereocenters. The first kappa shape index (κ1) is 13.1. The van der Waals surface area contributed by atoms with Crippen molar-refractivity contribution in [3.63, 3.8) is 0 Å². The first-order valence-corrected chi connectivity index (χ1v) is 7.56. The third-order valence-electron chi connectivity index (χ3n) is 3.81. The Morgan fingerprint density at radius 2 is 2.24 bits per heavy atom. The maximum Gasteiger partial charge on any atom is 0.107 e. The smallest absolute Gasteiger partial charge is 0.107 e. The zero-order valence-electron chi connectivity index (χ0n) is 11.0. The van der Waals surface area contributed by atoms with E-state index in [-0.39, 0.29) is 6.10 Å². The van der Waals surface area contributed by atoms with Gasteiger partial charge in [0, 0.05) is 17.5 Å². The summed E-state index contributed by atoms with van der Waals surface area (Å²) in [4.78, 5) is 1.35. The SMILES string of the molecule is CCC(CC)C1CNC(C)C(c2cccs2)O1. The van der Waals surface area contributed by atoms with Crippen molar-refractivity contribution in [2.75, 3.05) is 6.54 Å². The van der Waals surface area contributed by atoms with Gasteiger partial charge in [0.1, 0.15) is 6.10 Å². The number of hydrogen-bond donors (Lipinski definition) is 1. The van der Waals surface area contributed by atoms with Gasteiger partial charge in [-0.25, -0.2) is 0 Å². The molecule has 0 spiro atoms. The van der Waals surface area contributed by atoms with Crippen LogP contribution in [0.1, 0.15) is 44.6 Å². The number of thiophene rings is 1. The molecule has 3 heteroatoms. The predicted molar refractivity (Wildman–Crippen MR) is 73.5 cm³/mol. The molecule has 2 heterocycles. The van der Waals surface area contributed by atoms with E-state index >= 15 is 0 Å². The van der Waals surface area contributed by atoms with Crippen molar-refractivity contribution in [1.82, 2.24) is 5.32 Å². The molecule has 1 saturated heterocycles. The molecule has 0 saturated carbocycles. The van der Waals surface area contributed by atoms with Crippen molar-refractivity contribution in [1.29, 1.82) is 0 Å². The Hall–Kier alpha value is -0.380. The van der Waals surface area contributed by atoms with Crippen LogP contribution in [0.25, 0.3) is 0 Å². The molecule has 0 bridgehead atoms. The first-order valence-electron chi connectivity index (χ1n) is 6.68. The highest BCUT2D eigenvalue weighted by molar-refractivity contribution is 7.10. The lowest BCUT2D eigenvalue weighted by Gasteiger charge is -2.38. The Morgan fingerprint density at radius 3 is 2.82 bits per heavy atom. The third-order valence-corrected chi connectivity index (χ3v) is 4.75. The van der Waals surface area contributed by atoms with E-state index < -0.39 is 0 Å². The Morgan fingerprint density at radius 1 is 1.47 bits per heavy atom. The highest BCUT2D eigenvalue weighted by Crippen LogP contribution is 2.32. The van der Waals surface area contributed by atoms with Gasteiger partial charge < -0.3 is 10.1 Å². The Bertz CT molecular complexity index is 321. The molecule has 2 nitrogen and oxygen atoms in total. The van der Waals surface area contributed by atoms with Crippen molar-refractivity contribution in [2.45, 2.75) is 51.9 Å². The molecule has 96 valence electrons. The molecular formula is C14H23NOS. The average Bonchev–Trinajstić information content (AvgIpc) is 2.86. The van der Waals surface area contributed by atoms with E-state index in [4.69, 9.17) is 4.74 Å². The second-order valence-electron chi connectivity index (χ2n) is 4.88. The molecule has 1 aromatic rings. The van der Waals surface area contributed by atoms with Crippen molar-refractivity contribution < 1.29 is 4.74 Å². The van der Waals surface area contributed by atoms with Crippen LogP contribution < -0.4 is 5.32 Å². The predicted octanol–water partition coefficient (Wildman–Crippen LogP) is 3.60. The molecule has 0 radical (unpaired) electrons. The Balaban J connectivity index is 2.06. The topological polar surface area (TPSA) is 21.3 Å². The fourth-order valence-corrected chi connectivity index (χ4v) is 3.49. The number of hydrogen-bond acceptors (Lipinski definition) is 3. The van der Waals surface area contributed by atoms with Gasteiger partial charge in [-0.3, -0.25) is 0 Å². The minimum atomic E-state index is 0.231. The molecule has 1 aliphatic heterocycles. The van der Waals surface area contributed by atoms with Crippen LogP contribution in [0.2, 0.25) is 0 Å². The van der Waals surface area contributed by atoms with Crippen LogP contribution in [0.15, 0.2) is 17.5 Å². The van der Waals surface area contributed by atoms with Crippen LogP contribution >= 0.6 is 11.3 Å². The summed E-state index contributed by atoms with van der Waals surface area (Å²) in [6, 6.07) is 4.71. The molecule has 1 aliphatic rings. The summed E-state index contributed by atoms with van der Waals surface area (Å²) in [6.45, 7) is 7.73. The summed E-state index contributed by atoms with van der Waals surface area (Å²) >= 11 is 1.80. The van der Waals surface area contributed by atoms with Crippen molar-refractivity contribution >= 4 is 11.3 Å². The lowest BCUT2D eigenvalue weighted by molar-refractivity contribution is -0.0865. The van der Waals surface area contributed by atoms with Gasteiger partial charge in [0.05, 0.1) is 6.10 Å². The lowest BCUT2D eigenvalue weighted by Crippen LogP contribution is -2.49. The average molecular weight is 253 g/mol. The molecular weight excluding hydrogens is 230 g/mol. The van der Waals surface area contributed by atoms with Gasteiger partial charge in [0.2, 0.25) is 0 Å². The highest BCUT2D eigenvalue weighted by Gasteiger charge is 2.32. The molecule has 17 heavy (non-hydrogen) atoms. The molecule has 2 rings (SSSR count). The molecule has 1 aromatic heterocycles. The van der Waals surface area contributed by atoms with Gasteiger partial charge in [-0.1, -0.05) is 32.8 Å². The van der Waals surface area contributed by atoms with Gasteiger partial charge >= 0.3 is 0 Å². The quantitative estimate of drug-likeness (QED) is 0.885. The number of ether oxygens (including phenoxy) is 1. The van der Waals surface area contributed by atoms with E-state index in [1.165, 1.54) is 17.7 Å². The van der Waals surface area contributed by atoms with Crippen molar-refractivity contribution in [2.24, 2.45) is 5.92 Å². The molecule has 0 aromatic carbocycles. The Labute approximate surface area is 108 Å². The largest absolute Gasteiger partial charge is 0.366 e. The van der Waals surface area contributed by atoms with E-state index in [0.717, 1.165) is 6.54 Å². The summed E-state index contributed by atoms with van der Waals surface area (Å²) in [5.74, 6) is 0.678. The van der Waals surface area contributed by atoms with E-state index in [0.29, 0.717) is 18.1 Å². The zero-order chi connectivity index (χ0) is 12.3. The van der Waals surface area contributed by atoms with Crippen LogP contribution in [0.3, 0.4) is 0 Å². The summed E-state index contributed by atoms with van der Waals surface area (Å²) in [5.41, 5.74) is 0. The third kappa shape index (κ3) is 2.90. The normalized spacial score (nSPS) is 29.8. The van der Waals surface area contributed by atoms with Crippen LogP contribution in [-0.2, 0) is 4.74 Å². The van der Waals surface area contributed by atoms with Gasteiger partial charge in [-0.05, 0) is 24.3 Å². The zero-order valence-corrected chi connectivity index (χ0v) is 11.8. The monoisotopic (exact) mass is 253 g/mol. The molecule has 3 atom stereocenters. The minimum absolute atomic E-state index is 0.231. The second-order valence-corrected chi connectivity index (χ2v) is 5.86. The van der Waals surface area contributed by atoms with Gasteiger partial charge in [-0.15, -0.1) is 11.3 Å². The van der Waals surface area contributed by atoms with Crippen molar-refractivity contribution in [3.05, 3.63) is 22.4 Å². The molecule has 0 amide bonds. The summed E-state index contributed by atoms with van der Waals surface area (Å²) in [7, 11) is 0. The summed E-state index contributed by atoms with van der Waals surface area (Å²) in [5, 5.41) is 5.73. The summed E-state index contributed by atoms with van der Waals surface area (Å²) in [6.07, 6.45) is 3.01. The Kier molecular flexibility index (Phi) is 4.60. The molecule has 1 N–H and O–H groups in total. The van der Waals surface area contributed by atoms with Crippen LogP contribution in [0, 0.1) is 5.92 Å². The van der Waals surface area contributed by atoms with Gasteiger partial charge in [0.15, 0.2) is 0 Å². The summed E-state index contributed by atoms with van der Waals surface area (Å²) < 4.78 is 6.33. The van der Waals surface area contributed by atoms with E-state index in [9.17, 15) is 0 Å². The van der Waals surface area contributed by atoms with Gasteiger partial charge in [-0.2, -0.15) is 0 Å². The number of morpholine rings is 1. The molecule has 0 aliphatic carbocycles. The first-order chi connectivity index (χ1) is 8.26. The maximum absolute atomic E-state index is 6.33. The fraction of sp³-hybridized carbons (Fsp3) is 0.714. The second kappa shape index (κ2) is 5.98. The van der Waals surface area contributed by atoms with Crippen LogP contribution in [-0.4, -0.2) is 18.7 Å². The number of rotatable bonds is 4. The maximum atomic E-state index is 6.33. The highest BCUT2D eigenvalue weighted by atomic mass is 32.1. The van der Waals surface area contributed by atoms with E-state index in [2.05, 4.69) is 43.6 Å². The standard InChI is InChI=1S/C14H23NOS/c1-4-11(5-2)12-9-15-10(3)14(16-12)13-7-6-8-17-13/h6-8,10-12,14-15H,4-5,9H2,1-3H3. The lowest BCUT2D eigenvalue weighted by atomic mass is 9.94. The van der Waals surface area contributed by atoms with E-state index in [1.54, 1.807) is 11.3 Å². The minimum Gasteiger partial charge on any atom is -0.366 e. The fourth-order valence-electron chi connectivity index (χ4n) is 2.62.